The minimum absolute atomic E-state index is 0.0118. The maximum atomic E-state index is 13.4. The smallest absolute Gasteiger partial charge is 0.422 e. The van der Waals surface area contributed by atoms with Crippen LogP contribution in [0, 0.1) is 0 Å². The van der Waals surface area contributed by atoms with Crippen molar-refractivity contribution in [2.45, 2.75) is 50.6 Å². The Balaban J connectivity index is 1.59. The summed E-state index contributed by atoms with van der Waals surface area (Å²) in [5.41, 5.74) is 0.333. The van der Waals surface area contributed by atoms with Crippen LogP contribution in [0.4, 0.5) is 23.7 Å². The van der Waals surface area contributed by atoms with Crippen molar-refractivity contribution in [2.75, 3.05) is 25.6 Å². The van der Waals surface area contributed by atoms with Crippen LogP contribution in [0.3, 0.4) is 0 Å². The van der Waals surface area contributed by atoms with E-state index in [2.05, 4.69) is 50.4 Å². The molecule has 0 radical (unpaired) electrons. The predicted molar refractivity (Wildman–Crippen MR) is 157 cm³/mol. The molecule has 3 aromatic carbocycles. The maximum absolute atomic E-state index is 13.4. The average Bonchev–Trinajstić information content (AvgIpc) is 3.39. The Hall–Kier alpha value is -3.83. The lowest BCUT2D eigenvalue weighted by molar-refractivity contribution is -0.153. The number of benzene rings is 3. The fourth-order valence-corrected chi connectivity index (χ4v) is 10.1. The fourth-order valence-electron chi connectivity index (χ4n) is 5.40. The number of nitrogens with one attached hydrogen (secondary N) is 1. The molecule has 1 aliphatic rings. The molecule has 42 heavy (non-hydrogen) atoms. The monoisotopic (exact) mass is 600 g/mol. The Labute approximate surface area is 244 Å². The first-order valence-corrected chi connectivity index (χ1v) is 15.5. The van der Waals surface area contributed by atoms with Crippen LogP contribution in [0.25, 0.3) is 0 Å². The van der Waals surface area contributed by atoms with Crippen molar-refractivity contribution in [3.05, 3.63) is 84.9 Å². The number of hydrogen-bond donors (Lipinski definition) is 1. The van der Waals surface area contributed by atoms with Gasteiger partial charge >= 0.3 is 18.2 Å². The number of rotatable bonds is 8. The van der Waals surface area contributed by atoms with Crippen LogP contribution in [0.1, 0.15) is 27.2 Å². The molecule has 1 heterocycles. The van der Waals surface area contributed by atoms with E-state index in [1.165, 1.54) is 36.3 Å². The SMILES string of the molecule is COC(=O)C1C[C@H](O[Si](c2ccccc2)(c2ccccc2)C(C)(C)C)CN1C(=O)Nc1ccc(OCC(F)(F)F)cc1. The van der Waals surface area contributed by atoms with E-state index in [4.69, 9.17) is 13.9 Å². The van der Waals surface area contributed by atoms with E-state index >= 15 is 0 Å². The van der Waals surface area contributed by atoms with Crippen LogP contribution >= 0.6 is 0 Å². The number of anilines is 1. The Morgan fingerprint density at radius 3 is 1.93 bits per heavy atom. The van der Waals surface area contributed by atoms with Crippen molar-refractivity contribution < 1.29 is 36.7 Å². The van der Waals surface area contributed by atoms with Crippen molar-refractivity contribution in [3.8, 4) is 5.75 Å². The number of carbonyl (C=O) groups excluding carboxylic acids is 2. The van der Waals surface area contributed by atoms with Gasteiger partial charge in [-0.15, -0.1) is 0 Å². The molecule has 1 aliphatic heterocycles. The first-order valence-electron chi connectivity index (χ1n) is 13.6. The standard InChI is InChI=1S/C31H35F3N2O5Si/c1-30(2,3)42(25-11-7-5-8-12-25,26-13-9-6-10-14-26)41-24-19-27(28(37)39-4)36(20-24)29(38)35-22-15-17-23(18-16-22)40-21-31(32,33)34/h5-18,24,27H,19-21H2,1-4H3,(H,35,38)/t24-,27?/m0/s1. The number of alkyl halides is 3. The van der Waals surface area contributed by atoms with Crippen LogP contribution in [0.15, 0.2) is 84.9 Å². The molecule has 3 aromatic rings. The zero-order valence-electron chi connectivity index (χ0n) is 24.0. The zero-order valence-corrected chi connectivity index (χ0v) is 25.0. The number of nitrogens with zero attached hydrogens (tertiary/aromatic N) is 1. The van der Waals surface area contributed by atoms with Gasteiger partial charge in [-0.25, -0.2) is 9.59 Å². The van der Waals surface area contributed by atoms with Crippen LogP contribution in [0.2, 0.25) is 5.04 Å². The van der Waals surface area contributed by atoms with Gasteiger partial charge in [0.2, 0.25) is 0 Å². The van der Waals surface area contributed by atoms with E-state index < -0.39 is 45.2 Å². The second kappa shape index (κ2) is 12.6. The summed E-state index contributed by atoms with van der Waals surface area (Å²) in [4.78, 5) is 27.6. The number of esters is 1. The van der Waals surface area contributed by atoms with Crippen molar-refractivity contribution in [2.24, 2.45) is 0 Å². The number of methoxy groups -OCH3 is 1. The fraction of sp³-hybridized carbons (Fsp3) is 0.355. The molecule has 4 rings (SSSR count). The highest BCUT2D eigenvalue weighted by Crippen LogP contribution is 2.39. The molecule has 1 unspecified atom stereocenters. The lowest BCUT2D eigenvalue weighted by Crippen LogP contribution is -2.67. The third-order valence-corrected chi connectivity index (χ3v) is 12.4. The van der Waals surface area contributed by atoms with E-state index in [0.717, 1.165) is 10.4 Å². The predicted octanol–water partition coefficient (Wildman–Crippen LogP) is 5.35. The number of hydrogen-bond acceptors (Lipinski definition) is 5. The molecule has 2 atom stereocenters. The molecular formula is C31H35F3N2O5Si. The first-order chi connectivity index (χ1) is 19.8. The van der Waals surface area contributed by atoms with E-state index in [0.29, 0.717) is 5.69 Å². The van der Waals surface area contributed by atoms with Crippen molar-refractivity contribution in [3.63, 3.8) is 0 Å². The molecule has 2 amide bonds. The molecule has 1 N–H and O–H groups in total. The highest BCUT2D eigenvalue weighted by atomic mass is 28.4. The average molecular weight is 601 g/mol. The summed E-state index contributed by atoms with van der Waals surface area (Å²) in [7, 11) is -1.69. The van der Waals surface area contributed by atoms with Gasteiger partial charge in [-0.2, -0.15) is 13.2 Å². The minimum atomic E-state index is -4.46. The van der Waals surface area contributed by atoms with Crippen LogP contribution in [-0.4, -0.2) is 63.8 Å². The molecule has 0 spiro atoms. The van der Waals surface area contributed by atoms with E-state index in [1.807, 2.05) is 36.4 Å². The normalized spacial score (nSPS) is 17.5. The van der Waals surface area contributed by atoms with Crippen LogP contribution < -0.4 is 20.4 Å². The van der Waals surface area contributed by atoms with Gasteiger partial charge in [0.05, 0.1) is 13.2 Å². The zero-order chi connectivity index (χ0) is 30.5. The van der Waals surface area contributed by atoms with E-state index in [1.54, 1.807) is 0 Å². The second-order valence-electron chi connectivity index (χ2n) is 11.2. The highest BCUT2D eigenvalue weighted by Gasteiger charge is 2.53. The summed E-state index contributed by atoms with van der Waals surface area (Å²) in [5.74, 6) is -0.549. The number of halogens is 3. The van der Waals surface area contributed by atoms with Gasteiger partial charge in [0, 0.05) is 18.7 Å². The lowest BCUT2D eigenvalue weighted by atomic mass is 10.2. The van der Waals surface area contributed by atoms with Gasteiger partial charge in [-0.1, -0.05) is 81.4 Å². The van der Waals surface area contributed by atoms with Gasteiger partial charge < -0.3 is 24.1 Å². The number of carbonyl (C=O) groups is 2. The Morgan fingerprint density at radius 1 is 0.905 bits per heavy atom. The summed E-state index contributed by atoms with van der Waals surface area (Å²) >= 11 is 0. The molecule has 11 heteroatoms. The number of likely N-dealkylation sites (tertiary alicyclic amines) is 1. The molecule has 7 nitrogen and oxygen atoms in total. The van der Waals surface area contributed by atoms with Gasteiger partial charge in [0.15, 0.2) is 6.61 Å². The first kappa shape index (κ1) is 31.1. The number of amides is 2. The molecule has 0 aliphatic carbocycles. The van der Waals surface area contributed by atoms with Gasteiger partial charge in [0.1, 0.15) is 11.8 Å². The van der Waals surface area contributed by atoms with Crippen molar-refractivity contribution >= 4 is 36.4 Å². The Morgan fingerprint density at radius 2 is 1.45 bits per heavy atom. The summed E-state index contributed by atoms with van der Waals surface area (Å²) < 4.78 is 54.3. The Bertz CT molecular complexity index is 1310. The van der Waals surface area contributed by atoms with Crippen molar-refractivity contribution in [1.82, 2.24) is 4.90 Å². The summed E-state index contributed by atoms with van der Waals surface area (Å²) in [6.07, 6.45) is -4.68. The second-order valence-corrected chi connectivity index (χ2v) is 15.4. The van der Waals surface area contributed by atoms with E-state index in [9.17, 15) is 22.8 Å². The lowest BCUT2D eigenvalue weighted by Gasteiger charge is -2.44. The maximum Gasteiger partial charge on any atom is 0.422 e. The molecule has 1 fully saturated rings. The van der Waals surface area contributed by atoms with Crippen LogP contribution in [0.5, 0.6) is 5.75 Å². The summed E-state index contributed by atoms with van der Waals surface area (Å²) in [5, 5.41) is 4.58. The quantitative estimate of drug-likeness (QED) is 0.279. The number of urea groups is 1. The van der Waals surface area contributed by atoms with Crippen molar-refractivity contribution in [1.29, 1.82) is 0 Å². The summed E-state index contributed by atoms with van der Waals surface area (Å²) in [6.45, 7) is 5.18. The molecule has 224 valence electrons. The van der Waals surface area contributed by atoms with Gasteiger partial charge in [0.25, 0.3) is 8.32 Å². The topological polar surface area (TPSA) is 77.1 Å². The van der Waals surface area contributed by atoms with E-state index in [-0.39, 0.29) is 23.8 Å². The van der Waals surface area contributed by atoms with Gasteiger partial charge in [-0.05, 0) is 39.7 Å². The minimum Gasteiger partial charge on any atom is -0.484 e. The molecular weight excluding hydrogens is 565 g/mol. The third kappa shape index (κ3) is 6.96. The number of ether oxygens (including phenoxy) is 2. The van der Waals surface area contributed by atoms with Gasteiger partial charge in [-0.3, -0.25) is 0 Å². The Kier molecular flexibility index (Phi) is 9.32. The summed E-state index contributed by atoms with van der Waals surface area (Å²) in [6, 6.07) is 24.3. The highest BCUT2D eigenvalue weighted by molar-refractivity contribution is 6.99. The molecule has 0 bridgehead atoms. The third-order valence-electron chi connectivity index (χ3n) is 7.27. The molecule has 0 aromatic heterocycles. The molecule has 0 saturated carbocycles. The largest absolute Gasteiger partial charge is 0.484 e. The van der Waals surface area contributed by atoms with Crippen LogP contribution in [-0.2, 0) is 14.0 Å². The molecule has 1 saturated heterocycles.